The van der Waals surface area contributed by atoms with Gasteiger partial charge in [-0.05, 0) is 25.7 Å². The second-order valence-electron chi connectivity index (χ2n) is 7.90. The van der Waals surface area contributed by atoms with E-state index < -0.39 is 10.2 Å². The molecule has 3 aliphatic rings. The number of nitrogens with one attached hydrogen (secondary N) is 1. The second-order valence-corrected chi connectivity index (χ2v) is 9.83. The van der Waals surface area contributed by atoms with Crippen LogP contribution in [0.1, 0.15) is 57.8 Å². The minimum absolute atomic E-state index is 0.0840. The number of nitrogens with zero attached hydrogens (tertiary/aromatic N) is 3. The van der Waals surface area contributed by atoms with Crippen LogP contribution in [0.5, 0.6) is 0 Å². The third kappa shape index (κ3) is 5.41. The summed E-state index contributed by atoms with van der Waals surface area (Å²) in [5.74, 6) is 0.0840. The van der Waals surface area contributed by atoms with Gasteiger partial charge in [0.15, 0.2) is 0 Å². The Bertz CT molecular complexity index is 547. The lowest BCUT2D eigenvalue weighted by Crippen LogP contribution is -2.55. The normalized spacial score (nSPS) is 25.7. The molecule has 8 heteroatoms. The number of piperazine rings is 1. The summed E-state index contributed by atoms with van der Waals surface area (Å²) in [4.78, 5) is 14.3. The van der Waals surface area contributed by atoms with Crippen LogP contribution in [-0.4, -0.2) is 79.7 Å². The number of amides is 1. The minimum Gasteiger partial charge on any atom is -0.352 e. The van der Waals surface area contributed by atoms with Gasteiger partial charge in [0, 0.05) is 45.3 Å². The molecule has 150 valence electrons. The Morgan fingerprint density at radius 3 is 1.92 bits per heavy atom. The van der Waals surface area contributed by atoms with Gasteiger partial charge in [-0.3, -0.25) is 9.69 Å². The number of carbonyl (C=O) groups excluding carboxylic acids is 1. The highest BCUT2D eigenvalue weighted by atomic mass is 32.2. The first-order valence-electron chi connectivity index (χ1n) is 10.3. The van der Waals surface area contributed by atoms with Gasteiger partial charge in [0.2, 0.25) is 5.91 Å². The lowest BCUT2D eigenvalue weighted by molar-refractivity contribution is -0.123. The van der Waals surface area contributed by atoms with Crippen molar-refractivity contribution in [1.29, 1.82) is 0 Å². The van der Waals surface area contributed by atoms with Gasteiger partial charge in [0.1, 0.15) is 0 Å². The van der Waals surface area contributed by atoms with Crippen molar-refractivity contribution in [1.82, 2.24) is 18.8 Å². The molecule has 2 heterocycles. The van der Waals surface area contributed by atoms with Gasteiger partial charge in [0.05, 0.1) is 6.54 Å². The number of hydrogen-bond donors (Lipinski definition) is 1. The second kappa shape index (κ2) is 9.48. The molecule has 0 atom stereocenters. The van der Waals surface area contributed by atoms with E-state index in [1.165, 1.54) is 19.3 Å². The first-order chi connectivity index (χ1) is 12.6. The first kappa shape index (κ1) is 20.0. The zero-order valence-corrected chi connectivity index (χ0v) is 16.7. The molecule has 1 saturated carbocycles. The van der Waals surface area contributed by atoms with Crippen molar-refractivity contribution in [2.45, 2.75) is 63.8 Å². The van der Waals surface area contributed by atoms with Crippen LogP contribution in [0.25, 0.3) is 0 Å². The smallest absolute Gasteiger partial charge is 0.282 e. The van der Waals surface area contributed by atoms with E-state index in [0.29, 0.717) is 51.9 Å². The van der Waals surface area contributed by atoms with Crippen molar-refractivity contribution in [3.63, 3.8) is 0 Å². The molecule has 7 nitrogen and oxygen atoms in total. The first-order valence-corrected chi connectivity index (χ1v) is 11.7. The van der Waals surface area contributed by atoms with Crippen LogP contribution >= 0.6 is 0 Å². The van der Waals surface area contributed by atoms with Crippen LogP contribution in [0.3, 0.4) is 0 Å². The fourth-order valence-corrected chi connectivity index (χ4v) is 5.95. The van der Waals surface area contributed by atoms with Crippen LogP contribution in [0.4, 0.5) is 0 Å². The summed E-state index contributed by atoms with van der Waals surface area (Å²) in [7, 11) is -3.34. The van der Waals surface area contributed by atoms with Crippen molar-refractivity contribution < 1.29 is 13.2 Å². The SMILES string of the molecule is O=C(CN1CCN(S(=O)(=O)N2CCCCCC2)CC1)NC1CCCCC1. The average molecular weight is 387 g/mol. The van der Waals surface area contributed by atoms with Crippen molar-refractivity contribution in [3.05, 3.63) is 0 Å². The lowest BCUT2D eigenvalue weighted by Gasteiger charge is -2.36. The van der Waals surface area contributed by atoms with E-state index in [2.05, 4.69) is 10.2 Å². The van der Waals surface area contributed by atoms with Crippen molar-refractivity contribution in [2.24, 2.45) is 0 Å². The van der Waals surface area contributed by atoms with Gasteiger partial charge >= 0.3 is 0 Å². The third-order valence-corrected chi connectivity index (χ3v) is 7.92. The Kier molecular flexibility index (Phi) is 7.31. The Hall–Kier alpha value is -0.700. The lowest BCUT2D eigenvalue weighted by atomic mass is 9.95. The van der Waals surface area contributed by atoms with Gasteiger partial charge < -0.3 is 5.32 Å². The zero-order chi connectivity index (χ0) is 18.4. The summed E-state index contributed by atoms with van der Waals surface area (Å²) in [6.45, 7) is 3.90. The number of rotatable bonds is 5. The minimum atomic E-state index is -3.34. The molecule has 3 fully saturated rings. The van der Waals surface area contributed by atoms with Crippen LogP contribution in [0.15, 0.2) is 0 Å². The summed E-state index contributed by atoms with van der Waals surface area (Å²) < 4.78 is 28.9. The van der Waals surface area contributed by atoms with Gasteiger partial charge in [-0.25, -0.2) is 0 Å². The molecule has 0 aromatic rings. The molecular formula is C18H34N4O3S. The van der Waals surface area contributed by atoms with E-state index in [0.717, 1.165) is 38.5 Å². The van der Waals surface area contributed by atoms with Crippen LogP contribution in [-0.2, 0) is 15.0 Å². The Balaban J connectivity index is 1.43. The number of hydrogen-bond acceptors (Lipinski definition) is 4. The van der Waals surface area contributed by atoms with Gasteiger partial charge in [-0.2, -0.15) is 17.0 Å². The standard InChI is InChI=1S/C18H34N4O3S/c23-18(19-17-8-4-3-5-9-17)16-20-12-14-22(15-13-20)26(24,25)21-10-6-1-2-7-11-21/h17H,1-16H2,(H,19,23). The van der Waals surface area contributed by atoms with Gasteiger partial charge in [0.25, 0.3) is 10.2 Å². The molecular weight excluding hydrogens is 352 g/mol. The molecule has 1 amide bonds. The van der Waals surface area contributed by atoms with E-state index in [-0.39, 0.29) is 5.91 Å². The highest BCUT2D eigenvalue weighted by molar-refractivity contribution is 7.86. The average Bonchev–Trinajstić information content (AvgIpc) is 2.93. The van der Waals surface area contributed by atoms with E-state index in [1.54, 1.807) is 8.61 Å². The molecule has 1 N–H and O–H groups in total. The van der Waals surface area contributed by atoms with Crippen LogP contribution in [0.2, 0.25) is 0 Å². The summed E-state index contributed by atoms with van der Waals surface area (Å²) in [5.41, 5.74) is 0. The highest BCUT2D eigenvalue weighted by Crippen LogP contribution is 2.19. The number of carbonyl (C=O) groups is 1. The summed E-state index contributed by atoms with van der Waals surface area (Å²) >= 11 is 0. The van der Waals surface area contributed by atoms with Crippen molar-refractivity contribution in [3.8, 4) is 0 Å². The maximum absolute atomic E-state index is 12.8. The summed E-state index contributed by atoms with van der Waals surface area (Å²) in [5, 5.41) is 3.15. The van der Waals surface area contributed by atoms with Crippen LogP contribution < -0.4 is 5.32 Å². The summed E-state index contributed by atoms with van der Waals surface area (Å²) in [6.07, 6.45) is 10.0. The quantitative estimate of drug-likeness (QED) is 0.770. The fraction of sp³-hybridized carbons (Fsp3) is 0.944. The highest BCUT2D eigenvalue weighted by Gasteiger charge is 2.33. The molecule has 1 aliphatic carbocycles. The van der Waals surface area contributed by atoms with Crippen LogP contribution in [0, 0.1) is 0 Å². The molecule has 0 aromatic carbocycles. The molecule has 2 aliphatic heterocycles. The third-order valence-electron chi connectivity index (χ3n) is 5.89. The predicted molar refractivity (Wildman–Crippen MR) is 102 cm³/mol. The Morgan fingerprint density at radius 2 is 1.31 bits per heavy atom. The molecule has 0 bridgehead atoms. The van der Waals surface area contributed by atoms with Gasteiger partial charge in [-0.1, -0.05) is 32.1 Å². The Labute approximate surface area is 158 Å². The molecule has 2 saturated heterocycles. The molecule has 0 unspecified atom stereocenters. The van der Waals surface area contributed by atoms with E-state index >= 15 is 0 Å². The summed E-state index contributed by atoms with van der Waals surface area (Å²) in [6, 6.07) is 0.334. The van der Waals surface area contributed by atoms with Crippen molar-refractivity contribution in [2.75, 3.05) is 45.8 Å². The molecule has 26 heavy (non-hydrogen) atoms. The molecule has 0 radical (unpaired) electrons. The molecule has 0 aromatic heterocycles. The van der Waals surface area contributed by atoms with E-state index in [9.17, 15) is 13.2 Å². The zero-order valence-electron chi connectivity index (χ0n) is 15.9. The maximum atomic E-state index is 12.8. The largest absolute Gasteiger partial charge is 0.352 e. The van der Waals surface area contributed by atoms with Crippen molar-refractivity contribution >= 4 is 16.1 Å². The van der Waals surface area contributed by atoms with E-state index in [1.807, 2.05) is 0 Å². The topological polar surface area (TPSA) is 73.0 Å². The van der Waals surface area contributed by atoms with E-state index in [4.69, 9.17) is 0 Å². The Morgan fingerprint density at radius 1 is 0.769 bits per heavy atom. The maximum Gasteiger partial charge on any atom is 0.282 e. The molecule has 0 spiro atoms. The fourth-order valence-electron chi connectivity index (χ4n) is 4.28. The molecule has 3 rings (SSSR count). The predicted octanol–water partition coefficient (Wildman–Crippen LogP) is 1.17. The monoisotopic (exact) mass is 386 g/mol. The van der Waals surface area contributed by atoms with Gasteiger partial charge in [-0.15, -0.1) is 0 Å².